The molecule has 0 aliphatic carbocycles. The average molecular weight is 414 g/mol. The maximum absolute atomic E-state index is 12.9. The Morgan fingerprint density at radius 1 is 1.04 bits per heavy atom. The van der Waals surface area contributed by atoms with Crippen LogP contribution in [0.5, 0.6) is 0 Å². The molecule has 0 saturated heterocycles. The number of hydrogen-bond acceptors (Lipinski definition) is 2. The number of likely N-dealkylation sites (N-methyl/N-ethyl adjacent to an activating group) is 1. The van der Waals surface area contributed by atoms with E-state index in [4.69, 9.17) is 34.8 Å². The van der Waals surface area contributed by atoms with Crippen LogP contribution in [-0.4, -0.2) is 29.8 Å². The van der Waals surface area contributed by atoms with Gasteiger partial charge in [-0.1, -0.05) is 59.1 Å². The number of nitrogens with one attached hydrogen (secondary N) is 1. The Balaban J connectivity index is 2.27. The van der Waals surface area contributed by atoms with Gasteiger partial charge in [0.25, 0.3) is 0 Å². The molecule has 2 amide bonds. The van der Waals surface area contributed by atoms with Gasteiger partial charge in [-0.3, -0.25) is 9.59 Å². The average Bonchev–Trinajstić information content (AvgIpc) is 2.63. The molecular formula is C19H19Cl3N2O2. The highest BCUT2D eigenvalue weighted by molar-refractivity contribution is 6.42. The summed E-state index contributed by atoms with van der Waals surface area (Å²) in [6.07, 6.45) is 0.0995. The van der Waals surface area contributed by atoms with Crippen molar-refractivity contribution in [2.24, 2.45) is 0 Å². The van der Waals surface area contributed by atoms with Crippen molar-refractivity contribution in [3.05, 3.63) is 68.7 Å². The van der Waals surface area contributed by atoms with Crippen molar-refractivity contribution < 1.29 is 9.59 Å². The van der Waals surface area contributed by atoms with Crippen LogP contribution in [0.4, 0.5) is 0 Å². The Hall–Kier alpha value is -1.75. The van der Waals surface area contributed by atoms with Crippen LogP contribution in [0.15, 0.2) is 42.5 Å². The molecule has 0 saturated carbocycles. The quantitative estimate of drug-likeness (QED) is 0.765. The van der Waals surface area contributed by atoms with Crippen LogP contribution in [0.2, 0.25) is 15.1 Å². The highest BCUT2D eigenvalue weighted by Crippen LogP contribution is 2.24. The highest BCUT2D eigenvalue weighted by Gasteiger charge is 2.26. The number of halogens is 3. The molecule has 4 nitrogen and oxygen atoms in total. The number of rotatable bonds is 6. The van der Waals surface area contributed by atoms with Crippen LogP contribution in [0, 0.1) is 0 Å². The molecule has 0 spiro atoms. The van der Waals surface area contributed by atoms with E-state index < -0.39 is 6.04 Å². The summed E-state index contributed by atoms with van der Waals surface area (Å²) in [5, 5.41) is 3.92. The molecule has 2 aromatic carbocycles. The molecule has 0 unspecified atom stereocenters. The summed E-state index contributed by atoms with van der Waals surface area (Å²) in [5.74, 6) is -0.460. The molecule has 0 radical (unpaired) electrons. The van der Waals surface area contributed by atoms with E-state index in [0.29, 0.717) is 20.6 Å². The summed E-state index contributed by atoms with van der Waals surface area (Å²) in [6, 6.07) is 11.6. The minimum atomic E-state index is -0.649. The summed E-state index contributed by atoms with van der Waals surface area (Å²) in [7, 11) is 1.54. The Bertz CT molecular complexity index is 811. The number of carbonyl (C=O) groups excluding carboxylic acids is 2. The zero-order chi connectivity index (χ0) is 19.3. The van der Waals surface area contributed by atoms with Crippen LogP contribution < -0.4 is 5.32 Å². The van der Waals surface area contributed by atoms with Crippen molar-refractivity contribution in [1.29, 1.82) is 0 Å². The van der Waals surface area contributed by atoms with Crippen LogP contribution in [-0.2, 0) is 22.6 Å². The summed E-state index contributed by atoms with van der Waals surface area (Å²) in [6.45, 7) is 1.91. The van der Waals surface area contributed by atoms with Gasteiger partial charge in [-0.05, 0) is 36.2 Å². The zero-order valence-electron chi connectivity index (χ0n) is 14.4. The lowest BCUT2D eigenvalue weighted by Gasteiger charge is -2.28. The van der Waals surface area contributed by atoms with Gasteiger partial charge in [-0.25, -0.2) is 0 Å². The van der Waals surface area contributed by atoms with Crippen LogP contribution in [0.25, 0.3) is 0 Å². The summed E-state index contributed by atoms with van der Waals surface area (Å²) in [4.78, 5) is 26.5. The van der Waals surface area contributed by atoms with E-state index in [1.165, 1.54) is 11.9 Å². The lowest BCUT2D eigenvalue weighted by Crippen LogP contribution is -2.47. The van der Waals surface area contributed by atoms with E-state index in [9.17, 15) is 9.59 Å². The lowest BCUT2D eigenvalue weighted by molar-refractivity contribution is -0.139. The van der Waals surface area contributed by atoms with Gasteiger partial charge in [0, 0.05) is 18.6 Å². The van der Waals surface area contributed by atoms with Gasteiger partial charge >= 0.3 is 0 Å². The monoisotopic (exact) mass is 412 g/mol. The molecule has 0 bridgehead atoms. The Morgan fingerprint density at radius 2 is 1.73 bits per heavy atom. The van der Waals surface area contributed by atoms with Crippen molar-refractivity contribution in [3.63, 3.8) is 0 Å². The topological polar surface area (TPSA) is 49.4 Å². The molecule has 1 N–H and O–H groups in total. The second kappa shape index (κ2) is 9.26. The van der Waals surface area contributed by atoms with Crippen LogP contribution >= 0.6 is 34.8 Å². The minimum absolute atomic E-state index is 0.0995. The number of carbonyl (C=O) groups is 2. The minimum Gasteiger partial charge on any atom is -0.357 e. The number of amides is 2. The van der Waals surface area contributed by atoms with Crippen LogP contribution in [0.1, 0.15) is 18.1 Å². The van der Waals surface area contributed by atoms with E-state index >= 15 is 0 Å². The molecule has 138 valence electrons. The van der Waals surface area contributed by atoms with Gasteiger partial charge in [0.15, 0.2) is 0 Å². The molecule has 2 rings (SSSR count). The standard InChI is InChI=1S/C19H19Cl3N2O2/c1-12(19(26)23-2)24(11-13-7-8-16(21)17(22)9-13)18(25)10-14-5-3-4-6-15(14)20/h3-9,12H,10-11H2,1-2H3,(H,23,26)/t12-/m0/s1. The Kier molecular flexibility index (Phi) is 7.33. The number of nitrogens with zero attached hydrogens (tertiary/aromatic N) is 1. The Labute approximate surface area is 168 Å². The van der Waals surface area contributed by atoms with Crippen molar-refractivity contribution >= 4 is 46.6 Å². The van der Waals surface area contributed by atoms with Gasteiger partial charge in [-0.2, -0.15) is 0 Å². The molecule has 0 aromatic heterocycles. The molecule has 26 heavy (non-hydrogen) atoms. The third-order valence-corrected chi connectivity index (χ3v) is 5.16. The molecule has 0 aliphatic rings. The molecule has 1 atom stereocenters. The zero-order valence-corrected chi connectivity index (χ0v) is 16.7. The molecular weight excluding hydrogens is 395 g/mol. The second-order valence-corrected chi connectivity index (χ2v) is 7.05. The van der Waals surface area contributed by atoms with Crippen molar-refractivity contribution in [2.45, 2.75) is 25.9 Å². The maximum atomic E-state index is 12.9. The third kappa shape index (κ3) is 5.13. The first-order chi connectivity index (χ1) is 12.3. The first-order valence-electron chi connectivity index (χ1n) is 8.02. The predicted octanol–water partition coefficient (Wildman–Crippen LogP) is 4.35. The fourth-order valence-electron chi connectivity index (χ4n) is 2.53. The third-order valence-electron chi connectivity index (χ3n) is 4.05. The van der Waals surface area contributed by atoms with Crippen LogP contribution in [0.3, 0.4) is 0 Å². The van der Waals surface area contributed by atoms with E-state index in [-0.39, 0.29) is 24.8 Å². The maximum Gasteiger partial charge on any atom is 0.242 e. The van der Waals surface area contributed by atoms with E-state index in [2.05, 4.69) is 5.32 Å². The molecule has 7 heteroatoms. The number of benzene rings is 2. The summed E-state index contributed by atoms with van der Waals surface area (Å²) in [5.41, 5.74) is 1.49. The van der Waals surface area contributed by atoms with E-state index in [1.54, 1.807) is 43.3 Å². The lowest BCUT2D eigenvalue weighted by atomic mass is 10.1. The largest absolute Gasteiger partial charge is 0.357 e. The normalized spacial score (nSPS) is 11.7. The smallest absolute Gasteiger partial charge is 0.242 e. The van der Waals surface area contributed by atoms with Gasteiger partial charge in [0.05, 0.1) is 16.5 Å². The van der Waals surface area contributed by atoms with Gasteiger partial charge in [-0.15, -0.1) is 0 Å². The highest BCUT2D eigenvalue weighted by atomic mass is 35.5. The van der Waals surface area contributed by atoms with Gasteiger partial charge in [0.1, 0.15) is 6.04 Å². The first-order valence-corrected chi connectivity index (χ1v) is 9.15. The predicted molar refractivity (Wildman–Crippen MR) is 106 cm³/mol. The van der Waals surface area contributed by atoms with Gasteiger partial charge < -0.3 is 10.2 Å². The SMILES string of the molecule is CNC(=O)[C@H](C)N(Cc1ccc(Cl)c(Cl)c1)C(=O)Cc1ccccc1Cl. The van der Waals surface area contributed by atoms with Crippen molar-refractivity contribution in [2.75, 3.05) is 7.05 Å². The fourth-order valence-corrected chi connectivity index (χ4v) is 3.06. The second-order valence-electron chi connectivity index (χ2n) is 5.83. The van der Waals surface area contributed by atoms with Crippen molar-refractivity contribution in [1.82, 2.24) is 10.2 Å². The van der Waals surface area contributed by atoms with E-state index in [0.717, 1.165) is 5.56 Å². The first kappa shape index (κ1) is 20.6. The summed E-state index contributed by atoms with van der Waals surface area (Å²) < 4.78 is 0. The molecule has 2 aromatic rings. The van der Waals surface area contributed by atoms with Crippen molar-refractivity contribution in [3.8, 4) is 0 Å². The fraction of sp³-hybridized carbons (Fsp3) is 0.263. The molecule has 0 fully saturated rings. The summed E-state index contributed by atoms with van der Waals surface area (Å²) >= 11 is 18.2. The van der Waals surface area contributed by atoms with E-state index in [1.807, 2.05) is 6.07 Å². The van der Waals surface area contributed by atoms with Gasteiger partial charge in [0.2, 0.25) is 11.8 Å². The molecule has 0 aliphatic heterocycles. The molecule has 0 heterocycles. The number of hydrogen-bond donors (Lipinski definition) is 1. The Morgan fingerprint density at radius 3 is 2.35 bits per heavy atom.